The van der Waals surface area contributed by atoms with Gasteiger partial charge in [-0.15, -0.1) is 6.58 Å². The number of carbonyl (C=O) groups is 1. The molecule has 1 heterocycles. The lowest BCUT2D eigenvalue weighted by Crippen LogP contribution is -2.30. The van der Waals surface area contributed by atoms with Gasteiger partial charge < -0.3 is 14.2 Å². The van der Waals surface area contributed by atoms with Crippen LogP contribution in [0.5, 0.6) is 0 Å². The largest absolute Gasteiger partial charge is 0.460 e. The molecule has 0 unspecified atom stereocenters. The van der Waals surface area contributed by atoms with Crippen LogP contribution in [0.15, 0.2) is 12.7 Å². The molecule has 116 valence electrons. The summed E-state index contributed by atoms with van der Waals surface area (Å²) in [6.07, 6.45) is 6.10. The first-order valence-corrected chi connectivity index (χ1v) is 7.49. The van der Waals surface area contributed by atoms with Gasteiger partial charge in [-0.3, -0.25) is 4.79 Å². The van der Waals surface area contributed by atoms with E-state index in [1.165, 1.54) is 0 Å². The van der Waals surface area contributed by atoms with E-state index in [9.17, 15) is 4.79 Å². The van der Waals surface area contributed by atoms with Gasteiger partial charge >= 0.3 is 5.97 Å². The maximum absolute atomic E-state index is 12.1. The van der Waals surface area contributed by atoms with E-state index in [-0.39, 0.29) is 18.2 Å². The van der Waals surface area contributed by atoms with Gasteiger partial charge in [-0.25, -0.2) is 0 Å². The molecule has 0 saturated carbocycles. The van der Waals surface area contributed by atoms with Crippen LogP contribution >= 0.6 is 0 Å². The molecule has 0 aliphatic carbocycles. The summed E-state index contributed by atoms with van der Waals surface area (Å²) >= 11 is 0. The monoisotopic (exact) mass is 284 g/mol. The van der Waals surface area contributed by atoms with E-state index in [4.69, 9.17) is 14.2 Å². The Morgan fingerprint density at radius 3 is 2.75 bits per heavy atom. The Labute approximate surface area is 122 Å². The van der Waals surface area contributed by atoms with Gasteiger partial charge in [-0.05, 0) is 52.9 Å². The molecule has 4 nitrogen and oxygen atoms in total. The van der Waals surface area contributed by atoms with Crippen LogP contribution in [0, 0.1) is 5.92 Å². The number of hydrogen-bond acceptors (Lipinski definition) is 4. The topological polar surface area (TPSA) is 44.8 Å². The number of rotatable bonds is 7. The first-order chi connectivity index (χ1) is 9.42. The Morgan fingerprint density at radius 1 is 1.45 bits per heavy atom. The number of carbonyl (C=O) groups excluding carboxylic acids is 1. The molecule has 2 atom stereocenters. The molecule has 0 aromatic carbocycles. The van der Waals surface area contributed by atoms with E-state index in [1.54, 1.807) is 6.08 Å². The van der Waals surface area contributed by atoms with Gasteiger partial charge in [0.05, 0.1) is 12.5 Å². The predicted molar refractivity (Wildman–Crippen MR) is 78.3 cm³/mol. The highest BCUT2D eigenvalue weighted by Gasteiger charge is 2.24. The van der Waals surface area contributed by atoms with Crippen molar-refractivity contribution in [1.82, 2.24) is 0 Å². The van der Waals surface area contributed by atoms with Gasteiger partial charge in [0.2, 0.25) is 0 Å². The smallest absolute Gasteiger partial charge is 0.309 e. The van der Waals surface area contributed by atoms with Crippen LogP contribution in [0.3, 0.4) is 0 Å². The predicted octanol–water partition coefficient (Wildman–Crippen LogP) is 3.45. The fourth-order valence-corrected chi connectivity index (χ4v) is 2.10. The maximum atomic E-state index is 12.1. The highest BCUT2D eigenvalue weighted by Crippen LogP contribution is 2.19. The minimum absolute atomic E-state index is 0.105. The van der Waals surface area contributed by atoms with Crippen molar-refractivity contribution in [2.45, 2.75) is 64.8 Å². The highest BCUT2D eigenvalue weighted by atomic mass is 16.7. The summed E-state index contributed by atoms with van der Waals surface area (Å²) in [4.78, 5) is 12.1. The third kappa shape index (κ3) is 7.06. The second kappa shape index (κ2) is 8.42. The fraction of sp³-hybridized carbons (Fsp3) is 0.812. The summed E-state index contributed by atoms with van der Waals surface area (Å²) in [6.45, 7) is 10.6. The average Bonchev–Trinajstić information content (AvgIpc) is 2.37. The van der Waals surface area contributed by atoms with Gasteiger partial charge in [0, 0.05) is 6.61 Å². The quantitative estimate of drug-likeness (QED) is 0.530. The van der Waals surface area contributed by atoms with E-state index in [2.05, 4.69) is 6.58 Å². The molecule has 0 bridgehead atoms. The standard InChI is InChI=1S/C16H28O4/c1-5-8-13(15(17)20-16(2,3)4)10-12-19-14-9-6-7-11-18-14/h5,13-14H,1,6-12H2,2-4H3/t13-,14-/m0/s1. The van der Waals surface area contributed by atoms with E-state index in [0.29, 0.717) is 19.4 Å². The van der Waals surface area contributed by atoms with Crippen molar-refractivity contribution >= 4 is 5.97 Å². The van der Waals surface area contributed by atoms with Crippen molar-refractivity contribution in [2.75, 3.05) is 13.2 Å². The molecule has 0 aromatic rings. The third-order valence-electron chi connectivity index (χ3n) is 3.10. The molecular weight excluding hydrogens is 256 g/mol. The number of allylic oxidation sites excluding steroid dienone is 1. The fourth-order valence-electron chi connectivity index (χ4n) is 2.10. The van der Waals surface area contributed by atoms with Crippen LogP contribution in [0.25, 0.3) is 0 Å². The zero-order chi connectivity index (χ0) is 15.0. The molecule has 1 aliphatic heterocycles. The minimum Gasteiger partial charge on any atom is -0.460 e. The normalized spacial score (nSPS) is 21.2. The van der Waals surface area contributed by atoms with Gasteiger partial charge in [0.1, 0.15) is 5.60 Å². The molecule has 1 fully saturated rings. The van der Waals surface area contributed by atoms with Gasteiger partial charge in [0.15, 0.2) is 6.29 Å². The van der Waals surface area contributed by atoms with Crippen LogP contribution in [-0.4, -0.2) is 31.1 Å². The first-order valence-electron chi connectivity index (χ1n) is 7.49. The Hall–Kier alpha value is -0.870. The Kier molecular flexibility index (Phi) is 7.24. The lowest BCUT2D eigenvalue weighted by Gasteiger charge is -2.25. The third-order valence-corrected chi connectivity index (χ3v) is 3.10. The number of hydrogen-bond donors (Lipinski definition) is 0. The molecule has 0 aromatic heterocycles. The Balaban J connectivity index is 2.34. The summed E-state index contributed by atoms with van der Waals surface area (Å²) in [5.41, 5.74) is -0.455. The van der Waals surface area contributed by atoms with Crippen LogP contribution < -0.4 is 0 Å². The second-order valence-electron chi connectivity index (χ2n) is 6.21. The van der Waals surface area contributed by atoms with Crippen molar-refractivity contribution in [1.29, 1.82) is 0 Å². The van der Waals surface area contributed by atoms with Gasteiger partial charge in [-0.1, -0.05) is 6.08 Å². The molecule has 1 saturated heterocycles. The summed E-state index contributed by atoms with van der Waals surface area (Å²) in [5.74, 6) is -0.360. The van der Waals surface area contributed by atoms with E-state index >= 15 is 0 Å². The molecule has 4 heteroatoms. The summed E-state index contributed by atoms with van der Waals surface area (Å²) in [7, 11) is 0. The van der Waals surface area contributed by atoms with Gasteiger partial charge in [-0.2, -0.15) is 0 Å². The first kappa shape index (κ1) is 17.2. The molecule has 20 heavy (non-hydrogen) atoms. The number of ether oxygens (including phenoxy) is 3. The second-order valence-corrected chi connectivity index (χ2v) is 6.21. The molecule has 0 radical (unpaired) electrons. The van der Waals surface area contributed by atoms with Crippen molar-refractivity contribution in [3.63, 3.8) is 0 Å². The molecule has 1 aliphatic rings. The Morgan fingerprint density at radius 2 is 2.20 bits per heavy atom. The zero-order valence-corrected chi connectivity index (χ0v) is 13.0. The van der Waals surface area contributed by atoms with Crippen LogP contribution in [0.4, 0.5) is 0 Å². The van der Waals surface area contributed by atoms with E-state index in [0.717, 1.165) is 25.9 Å². The molecule has 0 N–H and O–H groups in total. The van der Waals surface area contributed by atoms with E-state index < -0.39 is 5.60 Å². The molecule has 1 rings (SSSR count). The maximum Gasteiger partial charge on any atom is 0.309 e. The van der Waals surface area contributed by atoms with Crippen LogP contribution in [-0.2, 0) is 19.0 Å². The van der Waals surface area contributed by atoms with Crippen molar-refractivity contribution in [3.05, 3.63) is 12.7 Å². The number of esters is 1. The Bertz CT molecular complexity index is 300. The lowest BCUT2D eigenvalue weighted by molar-refractivity contribution is -0.171. The molecule has 0 spiro atoms. The van der Waals surface area contributed by atoms with Crippen LogP contribution in [0.2, 0.25) is 0 Å². The van der Waals surface area contributed by atoms with Crippen LogP contribution in [0.1, 0.15) is 52.9 Å². The minimum atomic E-state index is -0.455. The summed E-state index contributed by atoms with van der Waals surface area (Å²) in [5, 5.41) is 0. The molecular formula is C16H28O4. The summed E-state index contributed by atoms with van der Waals surface area (Å²) < 4.78 is 16.6. The lowest BCUT2D eigenvalue weighted by atomic mass is 10.0. The zero-order valence-electron chi connectivity index (χ0n) is 13.0. The SMILES string of the molecule is C=CC[C@@H](CCO[C@H]1CCCCO1)C(=O)OC(C)(C)C. The highest BCUT2D eigenvalue weighted by molar-refractivity contribution is 5.73. The van der Waals surface area contributed by atoms with Gasteiger partial charge in [0.25, 0.3) is 0 Å². The average molecular weight is 284 g/mol. The molecule has 0 amide bonds. The summed E-state index contributed by atoms with van der Waals surface area (Å²) in [6, 6.07) is 0. The van der Waals surface area contributed by atoms with E-state index in [1.807, 2.05) is 20.8 Å². The van der Waals surface area contributed by atoms with Crippen molar-refractivity contribution < 1.29 is 19.0 Å². The van der Waals surface area contributed by atoms with Crippen molar-refractivity contribution in [3.8, 4) is 0 Å². The van der Waals surface area contributed by atoms with Crippen molar-refractivity contribution in [2.24, 2.45) is 5.92 Å².